The van der Waals surface area contributed by atoms with E-state index < -0.39 is 0 Å². The molecule has 5 heteroatoms. The van der Waals surface area contributed by atoms with Crippen LogP contribution in [-0.2, 0) is 16.1 Å². The average molecular weight is 355 g/mol. The second-order valence-corrected chi connectivity index (χ2v) is 7.59. The largest absolute Gasteiger partial charge is 0.457 e. The summed E-state index contributed by atoms with van der Waals surface area (Å²) in [7, 11) is 0. The van der Waals surface area contributed by atoms with Gasteiger partial charge in [0.1, 0.15) is 11.5 Å². The van der Waals surface area contributed by atoms with Crippen LogP contribution >= 0.6 is 11.8 Å². The summed E-state index contributed by atoms with van der Waals surface area (Å²) in [5, 5.41) is 0.111. The number of likely N-dealkylation sites (tertiary alicyclic amines) is 1. The number of benzene rings is 2. The Labute approximate surface area is 152 Å². The van der Waals surface area contributed by atoms with Gasteiger partial charge in [0.05, 0.1) is 0 Å². The number of para-hydroxylation sites is 1. The standard InChI is InChI=1S/C20H21NO3S/c1-14-19(25-15(2)22)12-20(23)21(14)13-16-8-10-18(11-9-16)24-17-6-4-3-5-7-17/h3-11,14,19H,12-13H2,1-2H3/t14-,19+/m0/s1. The maximum Gasteiger partial charge on any atom is 0.224 e. The van der Waals surface area contributed by atoms with Gasteiger partial charge < -0.3 is 9.64 Å². The fourth-order valence-corrected chi connectivity index (χ4v) is 3.95. The molecule has 2 aromatic rings. The molecule has 0 radical (unpaired) electrons. The second kappa shape index (κ2) is 7.74. The molecule has 1 amide bonds. The van der Waals surface area contributed by atoms with Gasteiger partial charge in [-0.25, -0.2) is 0 Å². The summed E-state index contributed by atoms with van der Waals surface area (Å²) in [4.78, 5) is 25.4. The molecule has 0 spiro atoms. The fraction of sp³-hybridized carbons (Fsp3) is 0.300. The molecule has 1 heterocycles. The molecule has 2 atom stereocenters. The lowest BCUT2D eigenvalue weighted by atomic mass is 10.2. The van der Waals surface area contributed by atoms with E-state index in [1.165, 1.54) is 11.8 Å². The number of nitrogens with zero attached hydrogens (tertiary/aromatic N) is 1. The van der Waals surface area contributed by atoms with Crippen molar-refractivity contribution in [1.29, 1.82) is 0 Å². The lowest BCUT2D eigenvalue weighted by Crippen LogP contribution is -2.33. The second-order valence-electron chi connectivity index (χ2n) is 6.17. The molecular weight excluding hydrogens is 334 g/mol. The van der Waals surface area contributed by atoms with Gasteiger partial charge in [0, 0.05) is 31.2 Å². The minimum atomic E-state index is 0.0469. The molecule has 130 valence electrons. The van der Waals surface area contributed by atoms with Crippen LogP contribution in [0.3, 0.4) is 0 Å². The van der Waals surface area contributed by atoms with Crippen molar-refractivity contribution in [2.75, 3.05) is 0 Å². The summed E-state index contributed by atoms with van der Waals surface area (Å²) in [6.07, 6.45) is 0.431. The monoisotopic (exact) mass is 355 g/mol. The third-order valence-electron chi connectivity index (χ3n) is 4.30. The van der Waals surface area contributed by atoms with Crippen LogP contribution in [-0.4, -0.2) is 27.2 Å². The van der Waals surface area contributed by atoms with E-state index in [-0.39, 0.29) is 22.3 Å². The first-order valence-electron chi connectivity index (χ1n) is 8.31. The molecule has 4 nitrogen and oxygen atoms in total. The van der Waals surface area contributed by atoms with Crippen molar-refractivity contribution in [1.82, 2.24) is 4.90 Å². The zero-order chi connectivity index (χ0) is 17.8. The number of thioether (sulfide) groups is 1. The summed E-state index contributed by atoms with van der Waals surface area (Å²) < 4.78 is 5.79. The molecule has 1 fully saturated rings. The van der Waals surface area contributed by atoms with Crippen LogP contribution in [0.25, 0.3) is 0 Å². The van der Waals surface area contributed by atoms with Crippen molar-refractivity contribution in [2.24, 2.45) is 0 Å². The lowest BCUT2D eigenvalue weighted by molar-refractivity contribution is -0.129. The maximum atomic E-state index is 12.3. The summed E-state index contributed by atoms with van der Waals surface area (Å²) in [6.45, 7) is 4.12. The topological polar surface area (TPSA) is 46.6 Å². The third kappa shape index (κ3) is 4.42. The van der Waals surface area contributed by atoms with Gasteiger partial charge in [0.25, 0.3) is 0 Å². The normalized spacial score (nSPS) is 19.9. The van der Waals surface area contributed by atoms with Crippen molar-refractivity contribution in [3.8, 4) is 11.5 Å². The summed E-state index contributed by atoms with van der Waals surface area (Å²) in [5.74, 6) is 1.67. The van der Waals surface area contributed by atoms with Crippen LogP contribution in [0.15, 0.2) is 54.6 Å². The van der Waals surface area contributed by atoms with Crippen LogP contribution in [0.2, 0.25) is 0 Å². The molecule has 0 N–H and O–H groups in total. The van der Waals surface area contributed by atoms with Gasteiger partial charge >= 0.3 is 0 Å². The molecule has 25 heavy (non-hydrogen) atoms. The number of hydrogen-bond donors (Lipinski definition) is 0. The molecule has 0 aliphatic carbocycles. The van der Waals surface area contributed by atoms with E-state index in [1.54, 1.807) is 6.92 Å². The Morgan fingerprint density at radius 1 is 1.12 bits per heavy atom. The van der Waals surface area contributed by atoms with Crippen molar-refractivity contribution < 1.29 is 14.3 Å². The highest BCUT2D eigenvalue weighted by Gasteiger charge is 2.37. The molecule has 1 saturated heterocycles. The van der Waals surface area contributed by atoms with E-state index in [4.69, 9.17) is 4.74 Å². The number of rotatable bonds is 5. The Morgan fingerprint density at radius 3 is 2.40 bits per heavy atom. The third-order valence-corrected chi connectivity index (χ3v) is 5.49. The Morgan fingerprint density at radius 2 is 1.76 bits per heavy atom. The summed E-state index contributed by atoms with van der Waals surface area (Å²) >= 11 is 1.27. The van der Waals surface area contributed by atoms with E-state index in [9.17, 15) is 9.59 Å². The van der Waals surface area contributed by atoms with E-state index >= 15 is 0 Å². The Balaban J connectivity index is 1.63. The highest BCUT2D eigenvalue weighted by Crippen LogP contribution is 2.31. The Bertz CT molecular complexity index is 745. The number of carbonyl (C=O) groups is 2. The zero-order valence-corrected chi connectivity index (χ0v) is 15.2. The molecule has 0 saturated carbocycles. The van der Waals surface area contributed by atoms with E-state index in [2.05, 4.69) is 0 Å². The van der Waals surface area contributed by atoms with Crippen molar-refractivity contribution in [2.45, 2.75) is 38.1 Å². The molecule has 3 rings (SSSR count). The highest BCUT2D eigenvalue weighted by atomic mass is 32.2. The predicted octanol–water partition coefficient (Wildman–Crippen LogP) is 4.25. The van der Waals surface area contributed by atoms with E-state index in [0.29, 0.717) is 13.0 Å². The number of amides is 1. The zero-order valence-electron chi connectivity index (χ0n) is 14.3. The van der Waals surface area contributed by atoms with Gasteiger partial charge in [-0.3, -0.25) is 9.59 Å². The van der Waals surface area contributed by atoms with Gasteiger partial charge in [0.2, 0.25) is 5.91 Å². The molecule has 0 bridgehead atoms. The first kappa shape index (κ1) is 17.5. The predicted molar refractivity (Wildman–Crippen MR) is 99.6 cm³/mol. The van der Waals surface area contributed by atoms with Gasteiger partial charge in [-0.05, 0) is 36.8 Å². The molecule has 2 aromatic carbocycles. The average Bonchev–Trinajstić information content (AvgIpc) is 2.84. The van der Waals surface area contributed by atoms with Crippen molar-refractivity contribution >= 4 is 22.8 Å². The van der Waals surface area contributed by atoms with Crippen LogP contribution in [0.4, 0.5) is 0 Å². The molecular formula is C20H21NO3S. The highest BCUT2D eigenvalue weighted by molar-refractivity contribution is 8.14. The summed E-state index contributed by atoms with van der Waals surface area (Å²) in [6, 6.07) is 17.5. The Hall–Kier alpha value is -2.27. The van der Waals surface area contributed by atoms with Crippen LogP contribution in [0.1, 0.15) is 25.8 Å². The first-order chi connectivity index (χ1) is 12.0. The molecule has 0 unspecified atom stereocenters. The fourth-order valence-electron chi connectivity index (χ4n) is 2.96. The van der Waals surface area contributed by atoms with E-state index in [0.717, 1.165) is 17.1 Å². The van der Waals surface area contributed by atoms with E-state index in [1.807, 2.05) is 66.4 Å². The maximum absolute atomic E-state index is 12.3. The number of carbonyl (C=O) groups excluding carboxylic acids is 2. The smallest absolute Gasteiger partial charge is 0.224 e. The quantitative estimate of drug-likeness (QED) is 0.804. The number of ether oxygens (including phenoxy) is 1. The van der Waals surface area contributed by atoms with Crippen molar-refractivity contribution in [3.05, 3.63) is 60.2 Å². The van der Waals surface area contributed by atoms with Gasteiger partial charge in [0.15, 0.2) is 5.12 Å². The Kier molecular flexibility index (Phi) is 5.43. The van der Waals surface area contributed by atoms with Gasteiger partial charge in [-0.2, -0.15) is 0 Å². The van der Waals surface area contributed by atoms with Crippen LogP contribution < -0.4 is 4.74 Å². The van der Waals surface area contributed by atoms with Crippen LogP contribution in [0.5, 0.6) is 11.5 Å². The first-order valence-corrected chi connectivity index (χ1v) is 9.19. The minimum Gasteiger partial charge on any atom is -0.457 e. The van der Waals surface area contributed by atoms with Gasteiger partial charge in [-0.15, -0.1) is 0 Å². The molecule has 0 aromatic heterocycles. The lowest BCUT2D eigenvalue weighted by Gasteiger charge is -2.24. The molecule has 1 aliphatic rings. The van der Waals surface area contributed by atoms with Gasteiger partial charge in [-0.1, -0.05) is 42.1 Å². The minimum absolute atomic E-state index is 0.0469. The van der Waals surface area contributed by atoms with Crippen molar-refractivity contribution in [3.63, 3.8) is 0 Å². The SMILES string of the molecule is CC(=O)S[C@@H]1CC(=O)N(Cc2ccc(Oc3ccccc3)cc2)[C@H]1C. The molecule has 1 aliphatic heterocycles. The summed E-state index contributed by atoms with van der Waals surface area (Å²) in [5.41, 5.74) is 1.05. The van der Waals surface area contributed by atoms with Crippen LogP contribution in [0, 0.1) is 0 Å². The number of hydrogen-bond acceptors (Lipinski definition) is 4.